The normalized spacial score (nSPS) is 11.4. The van der Waals surface area contributed by atoms with Gasteiger partial charge in [-0.2, -0.15) is 0 Å². The topological polar surface area (TPSA) is 35.2 Å². The Morgan fingerprint density at radius 2 is 2.23 bits per heavy atom. The lowest BCUT2D eigenvalue weighted by atomic mass is 9.85. The third kappa shape index (κ3) is 2.22. The largest absolute Gasteiger partial charge is 0.497 e. The van der Waals surface area contributed by atoms with Crippen LogP contribution >= 0.6 is 0 Å². The van der Waals surface area contributed by atoms with Crippen LogP contribution in [0.15, 0.2) is 18.2 Å². The van der Waals surface area contributed by atoms with Crippen molar-refractivity contribution in [1.82, 2.24) is 0 Å². The maximum atomic E-state index is 5.67. The van der Waals surface area contributed by atoms with Crippen LogP contribution in [0.1, 0.15) is 19.4 Å². The molecule has 0 saturated heterocycles. The number of benzene rings is 1. The molecule has 2 N–H and O–H groups in total. The van der Waals surface area contributed by atoms with Crippen molar-refractivity contribution in [2.75, 3.05) is 13.7 Å². The molecule has 0 saturated carbocycles. The molecule has 71 valence electrons. The standard InChI is InChI=1S/C11H16NO/c1-11(2,8-12)9-5-4-6-10(7-9)13-3/h4,6-7H,8,12H2,1-3H3. The van der Waals surface area contributed by atoms with E-state index < -0.39 is 0 Å². The van der Waals surface area contributed by atoms with Crippen molar-refractivity contribution >= 4 is 0 Å². The zero-order valence-corrected chi connectivity index (χ0v) is 8.42. The van der Waals surface area contributed by atoms with Crippen molar-refractivity contribution in [3.05, 3.63) is 29.8 Å². The van der Waals surface area contributed by atoms with E-state index >= 15 is 0 Å². The van der Waals surface area contributed by atoms with Gasteiger partial charge < -0.3 is 10.5 Å². The summed E-state index contributed by atoms with van der Waals surface area (Å²) in [5.74, 6) is 0.857. The number of nitrogens with two attached hydrogens (primary N) is 1. The zero-order chi connectivity index (χ0) is 9.90. The lowest BCUT2D eigenvalue weighted by Crippen LogP contribution is -2.28. The average molecular weight is 178 g/mol. The molecular weight excluding hydrogens is 162 g/mol. The summed E-state index contributed by atoms with van der Waals surface area (Å²) in [6.07, 6.45) is 0. The van der Waals surface area contributed by atoms with Gasteiger partial charge in [0.2, 0.25) is 0 Å². The van der Waals surface area contributed by atoms with Crippen molar-refractivity contribution in [2.24, 2.45) is 5.73 Å². The van der Waals surface area contributed by atoms with Crippen LogP contribution in [0.5, 0.6) is 5.75 Å². The smallest absolute Gasteiger partial charge is 0.119 e. The van der Waals surface area contributed by atoms with Gasteiger partial charge in [-0.15, -0.1) is 0 Å². The van der Waals surface area contributed by atoms with E-state index in [1.54, 1.807) is 7.11 Å². The molecule has 0 aliphatic carbocycles. The molecule has 1 radical (unpaired) electrons. The first-order valence-corrected chi connectivity index (χ1v) is 4.36. The van der Waals surface area contributed by atoms with E-state index in [-0.39, 0.29) is 5.41 Å². The molecule has 2 nitrogen and oxygen atoms in total. The number of ether oxygens (including phenoxy) is 1. The third-order valence-corrected chi connectivity index (χ3v) is 2.25. The number of methoxy groups -OCH3 is 1. The van der Waals surface area contributed by atoms with Crippen LogP contribution in [0.4, 0.5) is 0 Å². The first-order chi connectivity index (χ1) is 6.10. The molecule has 0 spiro atoms. The number of hydrogen-bond acceptors (Lipinski definition) is 2. The highest BCUT2D eigenvalue weighted by Crippen LogP contribution is 2.24. The van der Waals surface area contributed by atoms with Gasteiger partial charge in [-0.3, -0.25) is 0 Å². The van der Waals surface area contributed by atoms with E-state index in [9.17, 15) is 0 Å². The van der Waals surface area contributed by atoms with Gasteiger partial charge in [0.25, 0.3) is 0 Å². The quantitative estimate of drug-likeness (QED) is 0.765. The average Bonchev–Trinajstić information content (AvgIpc) is 2.18. The predicted octanol–water partition coefficient (Wildman–Crippen LogP) is 1.73. The molecule has 0 fully saturated rings. The summed E-state index contributed by atoms with van der Waals surface area (Å²) in [4.78, 5) is 0. The van der Waals surface area contributed by atoms with Gasteiger partial charge in [0.05, 0.1) is 7.11 Å². The van der Waals surface area contributed by atoms with E-state index in [0.29, 0.717) is 6.54 Å². The van der Waals surface area contributed by atoms with Crippen LogP contribution in [0, 0.1) is 6.07 Å². The van der Waals surface area contributed by atoms with Crippen LogP contribution in [-0.4, -0.2) is 13.7 Å². The van der Waals surface area contributed by atoms with Gasteiger partial charge in [-0.25, -0.2) is 0 Å². The first kappa shape index (κ1) is 10.1. The summed E-state index contributed by atoms with van der Waals surface area (Å²) in [7, 11) is 1.66. The Kier molecular flexibility index (Phi) is 2.94. The Morgan fingerprint density at radius 3 is 2.77 bits per heavy atom. The van der Waals surface area contributed by atoms with Crippen molar-refractivity contribution in [2.45, 2.75) is 19.3 Å². The van der Waals surface area contributed by atoms with Crippen molar-refractivity contribution < 1.29 is 4.74 Å². The molecule has 0 aromatic heterocycles. The van der Waals surface area contributed by atoms with Gasteiger partial charge in [-0.1, -0.05) is 19.9 Å². The predicted molar refractivity (Wildman–Crippen MR) is 53.9 cm³/mol. The maximum absolute atomic E-state index is 5.67. The second kappa shape index (κ2) is 3.79. The van der Waals surface area contributed by atoms with Crippen molar-refractivity contribution in [3.8, 4) is 5.75 Å². The molecule has 2 heteroatoms. The van der Waals surface area contributed by atoms with Gasteiger partial charge in [0.1, 0.15) is 5.75 Å². The molecule has 0 amide bonds. The van der Waals surface area contributed by atoms with Gasteiger partial charge >= 0.3 is 0 Å². The fourth-order valence-corrected chi connectivity index (χ4v) is 1.07. The summed E-state index contributed by atoms with van der Waals surface area (Å²) in [6, 6.07) is 8.90. The van der Waals surface area contributed by atoms with Crippen molar-refractivity contribution in [1.29, 1.82) is 0 Å². The summed E-state index contributed by atoms with van der Waals surface area (Å²) in [5, 5.41) is 0. The highest BCUT2D eigenvalue weighted by Gasteiger charge is 2.18. The van der Waals surface area contributed by atoms with Gasteiger partial charge in [0.15, 0.2) is 0 Å². The minimum atomic E-state index is -0.0332. The molecule has 0 bridgehead atoms. The summed E-state index contributed by atoms with van der Waals surface area (Å²) in [5.41, 5.74) is 6.73. The molecule has 13 heavy (non-hydrogen) atoms. The minimum absolute atomic E-state index is 0.0332. The maximum Gasteiger partial charge on any atom is 0.119 e. The Hall–Kier alpha value is -1.02. The molecule has 1 aromatic carbocycles. The second-order valence-electron chi connectivity index (χ2n) is 3.73. The van der Waals surface area contributed by atoms with Crippen LogP contribution in [0.25, 0.3) is 0 Å². The SMILES string of the molecule is COc1cc[c]c(C(C)(C)CN)c1. The van der Waals surface area contributed by atoms with Crippen LogP contribution in [0.2, 0.25) is 0 Å². The van der Waals surface area contributed by atoms with Crippen LogP contribution in [-0.2, 0) is 5.41 Å². The third-order valence-electron chi connectivity index (χ3n) is 2.25. The number of hydrogen-bond donors (Lipinski definition) is 1. The zero-order valence-electron chi connectivity index (χ0n) is 8.42. The lowest BCUT2D eigenvalue weighted by Gasteiger charge is -2.22. The van der Waals surface area contributed by atoms with E-state index in [1.165, 1.54) is 0 Å². The molecule has 0 aliphatic heterocycles. The molecular formula is C11H16NO. The molecule has 1 aromatic rings. The molecule has 1 rings (SSSR count). The summed E-state index contributed by atoms with van der Waals surface area (Å²) < 4.78 is 5.13. The Bertz CT molecular complexity index is 281. The number of rotatable bonds is 3. The van der Waals surface area contributed by atoms with Gasteiger partial charge in [-0.05, 0) is 23.8 Å². The highest BCUT2D eigenvalue weighted by atomic mass is 16.5. The fraction of sp³-hybridized carbons (Fsp3) is 0.455. The molecule has 0 atom stereocenters. The Balaban J connectivity index is 3.01. The first-order valence-electron chi connectivity index (χ1n) is 4.36. The Morgan fingerprint density at radius 1 is 1.54 bits per heavy atom. The minimum Gasteiger partial charge on any atom is -0.497 e. The monoisotopic (exact) mass is 178 g/mol. The summed E-state index contributed by atoms with van der Waals surface area (Å²) in [6.45, 7) is 4.80. The lowest BCUT2D eigenvalue weighted by molar-refractivity contribution is 0.412. The van der Waals surface area contributed by atoms with Crippen LogP contribution < -0.4 is 10.5 Å². The van der Waals surface area contributed by atoms with Gasteiger partial charge in [0, 0.05) is 12.0 Å². The van der Waals surface area contributed by atoms with E-state index in [1.807, 2.05) is 18.2 Å². The Labute approximate surface area is 79.7 Å². The fourth-order valence-electron chi connectivity index (χ4n) is 1.07. The van der Waals surface area contributed by atoms with Crippen molar-refractivity contribution in [3.63, 3.8) is 0 Å². The van der Waals surface area contributed by atoms with E-state index in [4.69, 9.17) is 10.5 Å². The van der Waals surface area contributed by atoms with E-state index in [0.717, 1.165) is 11.3 Å². The molecule has 0 unspecified atom stereocenters. The highest BCUT2D eigenvalue weighted by molar-refractivity contribution is 5.32. The van der Waals surface area contributed by atoms with E-state index in [2.05, 4.69) is 19.9 Å². The molecule has 0 heterocycles. The summed E-state index contributed by atoms with van der Waals surface area (Å²) >= 11 is 0. The molecule has 0 aliphatic rings. The van der Waals surface area contributed by atoms with Crippen LogP contribution in [0.3, 0.4) is 0 Å². The second-order valence-corrected chi connectivity index (χ2v) is 3.73.